The van der Waals surface area contributed by atoms with Gasteiger partial charge in [-0.1, -0.05) is 194 Å². The second-order valence-electron chi connectivity index (χ2n) is 10.8. The van der Waals surface area contributed by atoms with Crippen molar-refractivity contribution >= 4 is 0 Å². The van der Waals surface area contributed by atoms with Crippen molar-refractivity contribution in [1.29, 1.82) is 0 Å². The van der Waals surface area contributed by atoms with E-state index in [1.54, 1.807) is 0 Å². The van der Waals surface area contributed by atoms with Crippen LogP contribution in [-0.4, -0.2) is 0 Å². The summed E-state index contributed by atoms with van der Waals surface area (Å²) in [5.41, 5.74) is 0. The summed E-state index contributed by atoms with van der Waals surface area (Å²) in [6.45, 7) is 7.11. The molecule has 0 saturated heterocycles. The van der Waals surface area contributed by atoms with Gasteiger partial charge in [0.15, 0.2) is 0 Å². The van der Waals surface area contributed by atoms with Crippen LogP contribution in [0.1, 0.15) is 194 Å². The van der Waals surface area contributed by atoms with Crippen molar-refractivity contribution in [2.24, 2.45) is 5.92 Å². The fourth-order valence-electron chi connectivity index (χ4n) is 4.99. The maximum atomic E-state index is 2.50. The summed E-state index contributed by atoms with van der Waals surface area (Å²) in [5, 5.41) is 0. The zero-order valence-electron chi connectivity index (χ0n) is 22.7. The molecule has 0 aliphatic rings. The van der Waals surface area contributed by atoms with E-state index < -0.39 is 0 Å². The Morgan fingerprint density at radius 3 is 0.710 bits per heavy atom. The molecule has 0 bridgehead atoms. The van der Waals surface area contributed by atoms with Gasteiger partial charge in [0, 0.05) is 0 Å². The third-order valence-corrected chi connectivity index (χ3v) is 7.35. The number of hydrogen-bond acceptors (Lipinski definition) is 0. The van der Waals surface area contributed by atoms with Crippen molar-refractivity contribution < 1.29 is 0 Å². The molecule has 0 amide bonds. The van der Waals surface area contributed by atoms with E-state index in [-0.39, 0.29) is 0 Å². The standard InChI is InChI=1S/C31H64/c1-4-6-8-10-12-14-15-16-17-18-19-20-22-24-26-28-30-31(3)29-27-25-23-21-13-11-9-7-5-2/h31H,4-30H2,1-3H3. The fourth-order valence-corrected chi connectivity index (χ4v) is 4.99. The maximum Gasteiger partial charge on any atom is -0.0443 e. The first-order valence-corrected chi connectivity index (χ1v) is 15.3. The number of unbranched alkanes of at least 4 members (excludes halogenated alkanes) is 23. The Bertz CT molecular complexity index is 294. The molecule has 0 aromatic heterocycles. The molecule has 1 atom stereocenters. The van der Waals surface area contributed by atoms with Crippen LogP contribution in [0.15, 0.2) is 0 Å². The van der Waals surface area contributed by atoms with E-state index in [9.17, 15) is 0 Å². The Kier molecular flexibility index (Phi) is 28.0. The zero-order chi connectivity index (χ0) is 22.7. The van der Waals surface area contributed by atoms with Crippen LogP contribution < -0.4 is 0 Å². The van der Waals surface area contributed by atoms with E-state index in [2.05, 4.69) is 20.8 Å². The lowest BCUT2D eigenvalue weighted by atomic mass is 9.95. The molecule has 0 heterocycles. The van der Waals surface area contributed by atoms with Crippen LogP contribution in [0.4, 0.5) is 0 Å². The average molecular weight is 437 g/mol. The molecule has 31 heavy (non-hydrogen) atoms. The highest BCUT2D eigenvalue weighted by Crippen LogP contribution is 2.19. The molecular weight excluding hydrogens is 372 g/mol. The molecular formula is C31H64. The van der Waals surface area contributed by atoms with Gasteiger partial charge in [-0.25, -0.2) is 0 Å². The van der Waals surface area contributed by atoms with Crippen LogP contribution in [0.25, 0.3) is 0 Å². The predicted octanol–water partition coefficient (Wildman–Crippen LogP) is 12.2. The summed E-state index contributed by atoms with van der Waals surface area (Å²) < 4.78 is 0. The van der Waals surface area contributed by atoms with Gasteiger partial charge in [0.05, 0.1) is 0 Å². The van der Waals surface area contributed by atoms with Gasteiger partial charge in [0.25, 0.3) is 0 Å². The summed E-state index contributed by atoms with van der Waals surface area (Å²) in [6.07, 6.45) is 39.8. The first kappa shape index (κ1) is 31.0. The van der Waals surface area contributed by atoms with Crippen LogP contribution in [0.3, 0.4) is 0 Å². The summed E-state index contributed by atoms with van der Waals surface area (Å²) in [6, 6.07) is 0. The molecule has 1 unspecified atom stereocenters. The van der Waals surface area contributed by atoms with E-state index in [0.29, 0.717) is 0 Å². The maximum absolute atomic E-state index is 2.50. The van der Waals surface area contributed by atoms with Crippen molar-refractivity contribution in [1.82, 2.24) is 0 Å². The van der Waals surface area contributed by atoms with Crippen molar-refractivity contribution in [3.05, 3.63) is 0 Å². The monoisotopic (exact) mass is 437 g/mol. The van der Waals surface area contributed by atoms with Crippen LogP contribution >= 0.6 is 0 Å². The lowest BCUT2D eigenvalue weighted by Gasteiger charge is -2.11. The highest BCUT2D eigenvalue weighted by Gasteiger charge is 2.02. The van der Waals surface area contributed by atoms with E-state index in [0.717, 1.165) is 5.92 Å². The SMILES string of the molecule is CCCCCCCCCCCCCCCCCCC(C)CCCCCCCCCCC. The van der Waals surface area contributed by atoms with Gasteiger partial charge in [-0.2, -0.15) is 0 Å². The Morgan fingerprint density at radius 2 is 0.484 bits per heavy atom. The first-order valence-electron chi connectivity index (χ1n) is 15.3. The molecule has 0 radical (unpaired) electrons. The Morgan fingerprint density at radius 1 is 0.290 bits per heavy atom. The van der Waals surface area contributed by atoms with Gasteiger partial charge in [-0.05, 0) is 5.92 Å². The lowest BCUT2D eigenvalue weighted by molar-refractivity contribution is 0.430. The third-order valence-electron chi connectivity index (χ3n) is 7.35. The zero-order valence-corrected chi connectivity index (χ0v) is 22.7. The van der Waals surface area contributed by atoms with Crippen LogP contribution in [-0.2, 0) is 0 Å². The second-order valence-corrected chi connectivity index (χ2v) is 10.8. The van der Waals surface area contributed by atoms with Crippen molar-refractivity contribution in [2.75, 3.05) is 0 Å². The van der Waals surface area contributed by atoms with Crippen molar-refractivity contribution in [2.45, 2.75) is 194 Å². The van der Waals surface area contributed by atoms with Crippen molar-refractivity contribution in [3.63, 3.8) is 0 Å². The van der Waals surface area contributed by atoms with Crippen LogP contribution in [0, 0.1) is 5.92 Å². The van der Waals surface area contributed by atoms with Gasteiger partial charge in [-0.3, -0.25) is 0 Å². The van der Waals surface area contributed by atoms with E-state index in [1.807, 2.05) is 0 Å². The lowest BCUT2D eigenvalue weighted by Crippen LogP contribution is -1.95. The number of hydrogen-bond donors (Lipinski definition) is 0. The molecule has 0 spiro atoms. The van der Waals surface area contributed by atoms with Gasteiger partial charge in [-0.15, -0.1) is 0 Å². The molecule has 0 aliphatic heterocycles. The smallest absolute Gasteiger partial charge is 0.0443 e. The molecule has 0 rings (SSSR count). The first-order chi connectivity index (χ1) is 15.3. The van der Waals surface area contributed by atoms with Gasteiger partial charge < -0.3 is 0 Å². The fraction of sp³-hybridized carbons (Fsp3) is 1.00. The summed E-state index contributed by atoms with van der Waals surface area (Å²) >= 11 is 0. The molecule has 0 aliphatic carbocycles. The Balaban J connectivity index is 3.11. The molecule has 0 nitrogen and oxygen atoms in total. The minimum Gasteiger partial charge on any atom is -0.0654 e. The van der Waals surface area contributed by atoms with Crippen LogP contribution in [0.2, 0.25) is 0 Å². The molecule has 0 aromatic rings. The highest BCUT2D eigenvalue weighted by atomic mass is 14.1. The van der Waals surface area contributed by atoms with Gasteiger partial charge in [0.2, 0.25) is 0 Å². The Hall–Kier alpha value is 0. The normalized spacial score (nSPS) is 12.5. The summed E-state index contributed by atoms with van der Waals surface area (Å²) in [5.74, 6) is 0.969. The van der Waals surface area contributed by atoms with Gasteiger partial charge in [0.1, 0.15) is 0 Å². The van der Waals surface area contributed by atoms with E-state index in [4.69, 9.17) is 0 Å². The average Bonchev–Trinajstić information content (AvgIpc) is 2.77. The highest BCUT2D eigenvalue weighted by molar-refractivity contribution is 4.56. The largest absolute Gasteiger partial charge is 0.0654 e. The van der Waals surface area contributed by atoms with Gasteiger partial charge >= 0.3 is 0 Å². The topological polar surface area (TPSA) is 0 Å². The second kappa shape index (κ2) is 28.0. The number of rotatable bonds is 27. The van der Waals surface area contributed by atoms with E-state index in [1.165, 1.54) is 173 Å². The molecule has 0 saturated carbocycles. The molecule has 0 fully saturated rings. The third kappa shape index (κ3) is 28.0. The molecule has 0 N–H and O–H groups in total. The Labute approximate surface area is 200 Å². The molecule has 0 aromatic carbocycles. The predicted molar refractivity (Wildman–Crippen MR) is 145 cm³/mol. The van der Waals surface area contributed by atoms with Crippen LogP contribution in [0.5, 0.6) is 0 Å². The molecule has 188 valence electrons. The molecule has 0 heteroatoms. The summed E-state index contributed by atoms with van der Waals surface area (Å²) in [4.78, 5) is 0. The quantitative estimate of drug-likeness (QED) is 0.112. The summed E-state index contributed by atoms with van der Waals surface area (Å²) in [7, 11) is 0. The van der Waals surface area contributed by atoms with Crippen molar-refractivity contribution in [3.8, 4) is 0 Å². The minimum absolute atomic E-state index is 0.969. The van der Waals surface area contributed by atoms with E-state index >= 15 is 0 Å². The minimum atomic E-state index is 0.969.